The molecule has 31 heavy (non-hydrogen) atoms. The van der Waals surface area contributed by atoms with Crippen LogP contribution in [0.3, 0.4) is 0 Å². The summed E-state index contributed by atoms with van der Waals surface area (Å²) in [5.74, 6) is 0.965. The van der Waals surface area contributed by atoms with Gasteiger partial charge in [0.15, 0.2) is 0 Å². The summed E-state index contributed by atoms with van der Waals surface area (Å²) in [6.07, 6.45) is 0. The highest BCUT2D eigenvalue weighted by Gasteiger charge is 2.38. The summed E-state index contributed by atoms with van der Waals surface area (Å²) in [5, 5.41) is 7.02. The van der Waals surface area contributed by atoms with Crippen LogP contribution in [0, 0.1) is 0 Å². The van der Waals surface area contributed by atoms with Crippen LogP contribution in [-0.2, 0) is 9.31 Å². The normalized spacial score (nSPS) is 13.7. The second kappa shape index (κ2) is 6.78. The lowest BCUT2D eigenvalue weighted by molar-refractivity contribution is 0.432. The lowest BCUT2D eigenvalue weighted by atomic mass is 9.71. The molecule has 0 bridgehead atoms. The minimum atomic E-state index is -0.559. The monoisotopic (exact) mass is 398 g/mol. The van der Waals surface area contributed by atoms with Gasteiger partial charge in [0.2, 0.25) is 0 Å². The summed E-state index contributed by atoms with van der Waals surface area (Å²) in [7, 11) is -0.559. The molecule has 146 valence electrons. The van der Waals surface area contributed by atoms with Crippen molar-refractivity contribution in [2.24, 2.45) is 0 Å². The van der Waals surface area contributed by atoms with Crippen molar-refractivity contribution in [3.63, 3.8) is 0 Å². The van der Waals surface area contributed by atoms with Gasteiger partial charge in [0.05, 0.1) is 0 Å². The van der Waals surface area contributed by atoms with E-state index in [1.165, 1.54) is 32.7 Å². The first-order chi connectivity index (χ1) is 15.2. The molecule has 5 aromatic carbocycles. The van der Waals surface area contributed by atoms with Crippen molar-refractivity contribution < 1.29 is 9.31 Å². The molecule has 0 aliphatic carbocycles. The molecule has 2 nitrogen and oxygen atoms in total. The number of hydrogen-bond acceptors (Lipinski definition) is 2. The first-order valence-corrected chi connectivity index (χ1v) is 10.4. The second-order valence-corrected chi connectivity index (χ2v) is 7.82. The summed E-state index contributed by atoms with van der Waals surface area (Å²) in [5.41, 5.74) is 3.46. The smallest absolute Gasteiger partial charge is 0.520 e. The predicted molar refractivity (Wildman–Crippen MR) is 130 cm³/mol. The van der Waals surface area contributed by atoms with Gasteiger partial charge in [-0.25, -0.2) is 0 Å². The van der Waals surface area contributed by atoms with Gasteiger partial charge in [-0.2, -0.15) is 0 Å². The molecule has 0 spiro atoms. The fraction of sp³-hybridized carbons (Fsp3) is 0. The first-order valence-electron chi connectivity index (χ1n) is 10.4. The number of hydrogen-bond donors (Lipinski definition) is 0. The highest BCUT2D eigenvalue weighted by Crippen LogP contribution is 2.39. The maximum atomic E-state index is 5.98. The van der Waals surface area contributed by atoms with E-state index >= 15 is 0 Å². The second-order valence-electron chi connectivity index (χ2n) is 7.82. The standard InChI is InChI=1S/C28H19BO2/c1-18-19(2)31-29(30-18)28-25-15-7-5-13-23(25)27(24-14-6-8-16-26(24)28)22-17-9-11-20-10-3-4-12-21(20)22/h3-17H,1-2H2. The quantitative estimate of drug-likeness (QED) is 0.247. The largest absolute Gasteiger partial charge is 0.634 e. The molecule has 0 saturated carbocycles. The Bertz CT molecular complexity index is 1450. The zero-order valence-corrected chi connectivity index (χ0v) is 17.0. The van der Waals surface area contributed by atoms with Gasteiger partial charge >= 0.3 is 7.12 Å². The predicted octanol–water partition coefficient (Wildman–Crippen LogP) is 6.58. The van der Waals surface area contributed by atoms with Crippen LogP contribution in [-0.4, -0.2) is 7.12 Å². The third kappa shape index (κ3) is 2.67. The third-order valence-corrected chi connectivity index (χ3v) is 6.08. The van der Waals surface area contributed by atoms with Gasteiger partial charge in [0.25, 0.3) is 0 Å². The van der Waals surface area contributed by atoms with Crippen molar-refractivity contribution in [3.05, 3.63) is 116 Å². The maximum absolute atomic E-state index is 5.98. The molecule has 0 atom stereocenters. The van der Waals surface area contributed by atoms with Crippen LogP contribution in [0.1, 0.15) is 0 Å². The molecule has 3 heteroatoms. The van der Waals surface area contributed by atoms with E-state index in [-0.39, 0.29) is 0 Å². The third-order valence-electron chi connectivity index (χ3n) is 6.08. The summed E-state index contributed by atoms with van der Waals surface area (Å²) in [4.78, 5) is 0. The molecule has 1 fully saturated rings. The molecule has 0 unspecified atom stereocenters. The van der Waals surface area contributed by atoms with Crippen LogP contribution in [0.4, 0.5) is 0 Å². The van der Waals surface area contributed by atoms with E-state index in [0.29, 0.717) is 11.5 Å². The Labute approximate surface area is 181 Å². The van der Waals surface area contributed by atoms with Crippen molar-refractivity contribution in [2.45, 2.75) is 0 Å². The fourth-order valence-electron chi connectivity index (χ4n) is 4.68. The molecule has 0 N–H and O–H groups in total. The van der Waals surface area contributed by atoms with E-state index in [2.05, 4.69) is 104 Å². The molecule has 0 amide bonds. The highest BCUT2D eigenvalue weighted by molar-refractivity contribution is 6.69. The molecular formula is C28H19BO2. The van der Waals surface area contributed by atoms with Crippen molar-refractivity contribution in [3.8, 4) is 11.1 Å². The Morgan fingerprint density at radius 2 is 1.00 bits per heavy atom. The SMILES string of the molecule is C=C1OB(c2c3ccccc3c(-c3cccc4ccccc34)c3ccccc23)OC1=C. The van der Waals surface area contributed by atoms with E-state index in [0.717, 1.165) is 16.2 Å². The minimum Gasteiger partial charge on any atom is -0.520 e. The van der Waals surface area contributed by atoms with E-state index in [9.17, 15) is 0 Å². The molecule has 5 aromatic rings. The van der Waals surface area contributed by atoms with Crippen LogP contribution in [0.25, 0.3) is 43.4 Å². The average Bonchev–Trinajstić information content (AvgIpc) is 3.14. The lowest BCUT2D eigenvalue weighted by Crippen LogP contribution is -2.33. The molecule has 6 rings (SSSR count). The maximum Gasteiger partial charge on any atom is 0.634 e. The average molecular weight is 398 g/mol. The van der Waals surface area contributed by atoms with Gasteiger partial charge in [-0.3, -0.25) is 0 Å². The van der Waals surface area contributed by atoms with Gasteiger partial charge < -0.3 is 9.31 Å². The Hall–Kier alpha value is -3.98. The number of benzene rings is 5. The van der Waals surface area contributed by atoms with Gasteiger partial charge in [-0.1, -0.05) is 104 Å². The zero-order chi connectivity index (χ0) is 20.9. The van der Waals surface area contributed by atoms with Gasteiger partial charge in [-0.15, -0.1) is 0 Å². The van der Waals surface area contributed by atoms with Gasteiger partial charge in [0, 0.05) is 5.46 Å². The van der Waals surface area contributed by atoms with Crippen LogP contribution >= 0.6 is 0 Å². The topological polar surface area (TPSA) is 18.5 Å². The molecule has 1 heterocycles. The lowest BCUT2D eigenvalue weighted by Gasteiger charge is -2.18. The van der Waals surface area contributed by atoms with Crippen LogP contribution in [0.15, 0.2) is 116 Å². The van der Waals surface area contributed by atoms with E-state index < -0.39 is 7.12 Å². The Morgan fingerprint density at radius 1 is 0.516 bits per heavy atom. The Balaban J connectivity index is 1.77. The Kier molecular flexibility index (Phi) is 3.90. The van der Waals surface area contributed by atoms with Crippen molar-refractivity contribution in [1.29, 1.82) is 0 Å². The molecular weight excluding hydrogens is 379 g/mol. The van der Waals surface area contributed by atoms with Gasteiger partial charge in [-0.05, 0) is 43.4 Å². The van der Waals surface area contributed by atoms with Crippen molar-refractivity contribution in [2.75, 3.05) is 0 Å². The molecule has 1 aliphatic heterocycles. The Morgan fingerprint density at radius 3 is 1.61 bits per heavy atom. The zero-order valence-electron chi connectivity index (χ0n) is 17.0. The summed E-state index contributed by atoms with van der Waals surface area (Å²) >= 11 is 0. The van der Waals surface area contributed by atoms with Crippen LogP contribution in [0.2, 0.25) is 0 Å². The van der Waals surface area contributed by atoms with Crippen molar-refractivity contribution in [1.82, 2.24) is 0 Å². The van der Waals surface area contributed by atoms with E-state index in [1.807, 2.05) is 0 Å². The minimum absolute atomic E-state index is 0.483. The number of rotatable bonds is 2. The van der Waals surface area contributed by atoms with Crippen LogP contribution in [0.5, 0.6) is 0 Å². The highest BCUT2D eigenvalue weighted by atomic mass is 16.6. The molecule has 1 aliphatic rings. The van der Waals surface area contributed by atoms with E-state index in [4.69, 9.17) is 9.31 Å². The molecule has 0 aromatic heterocycles. The first kappa shape index (κ1) is 17.8. The van der Waals surface area contributed by atoms with Crippen molar-refractivity contribution >= 4 is 44.9 Å². The summed E-state index contributed by atoms with van der Waals surface area (Å²) in [6.45, 7) is 7.85. The van der Waals surface area contributed by atoms with Crippen LogP contribution < -0.4 is 5.46 Å². The fourth-order valence-corrected chi connectivity index (χ4v) is 4.68. The van der Waals surface area contributed by atoms with E-state index in [1.54, 1.807) is 0 Å². The molecule has 1 saturated heterocycles. The summed E-state index contributed by atoms with van der Waals surface area (Å²) < 4.78 is 12.0. The van der Waals surface area contributed by atoms with Gasteiger partial charge in [0.1, 0.15) is 11.5 Å². The summed E-state index contributed by atoms with van der Waals surface area (Å²) in [6, 6.07) is 32.0. The molecule has 0 radical (unpaired) electrons. The number of fused-ring (bicyclic) bond motifs is 3.